The maximum atomic E-state index is 12.3. The summed E-state index contributed by atoms with van der Waals surface area (Å²) >= 11 is 1.70. The van der Waals surface area contributed by atoms with E-state index in [0.717, 1.165) is 55.4 Å². The number of hydrogen-bond donors (Lipinski definition) is 0. The summed E-state index contributed by atoms with van der Waals surface area (Å²) in [6.45, 7) is 6.41. The van der Waals surface area contributed by atoms with Crippen molar-refractivity contribution in [1.82, 2.24) is 19.8 Å². The number of nitrogens with zero attached hydrogens (tertiary/aromatic N) is 4. The molecule has 0 atom stereocenters. The first kappa shape index (κ1) is 16.1. The van der Waals surface area contributed by atoms with E-state index in [2.05, 4.69) is 20.2 Å². The van der Waals surface area contributed by atoms with Crippen LogP contribution in [0.15, 0.2) is 29.9 Å². The molecule has 0 N–H and O–H groups in total. The van der Waals surface area contributed by atoms with Crippen molar-refractivity contribution in [2.75, 3.05) is 26.2 Å². The Morgan fingerprint density at radius 1 is 1.30 bits per heavy atom. The molecule has 0 spiro atoms. The predicted octanol–water partition coefficient (Wildman–Crippen LogP) is 2.12. The molecule has 1 fully saturated rings. The summed E-state index contributed by atoms with van der Waals surface area (Å²) in [4.78, 5) is 25.3. The van der Waals surface area contributed by atoms with Gasteiger partial charge in [-0.2, -0.15) is 0 Å². The number of hydrogen-bond acceptors (Lipinski definition) is 5. The number of aryl methyl sites for hydroxylation is 2. The van der Waals surface area contributed by atoms with Crippen LogP contribution in [-0.2, 0) is 17.8 Å². The van der Waals surface area contributed by atoms with E-state index in [1.165, 1.54) is 0 Å². The minimum atomic E-state index is 0.248. The van der Waals surface area contributed by atoms with E-state index in [9.17, 15) is 4.79 Å². The highest BCUT2D eigenvalue weighted by Gasteiger charge is 2.21. The van der Waals surface area contributed by atoms with E-state index in [-0.39, 0.29) is 5.91 Å². The van der Waals surface area contributed by atoms with Crippen molar-refractivity contribution >= 4 is 17.2 Å². The number of thiazole rings is 1. The monoisotopic (exact) mass is 330 g/mol. The Labute approximate surface area is 141 Å². The zero-order valence-corrected chi connectivity index (χ0v) is 14.3. The zero-order chi connectivity index (χ0) is 16.1. The Morgan fingerprint density at radius 3 is 2.78 bits per heavy atom. The molecule has 5 nitrogen and oxygen atoms in total. The van der Waals surface area contributed by atoms with E-state index in [1.807, 2.05) is 30.2 Å². The highest BCUT2D eigenvalue weighted by Crippen LogP contribution is 2.13. The van der Waals surface area contributed by atoms with Crippen molar-refractivity contribution in [1.29, 1.82) is 0 Å². The number of carbonyl (C=O) groups excluding carboxylic acids is 1. The van der Waals surface area contributed by atoms with Crippen LogP contribution < -0.4 is 0 Å². The summed E-state index contributed by atoms with van der Waals surface area (Å²) in [6, 6.07) is 3.94. The van der Waals surface area contributed by atoms with Crippen LogP contribution in [-0.4, -0.2) is 51.9 Å². The molecule has 0 aromatic carbocycles. The molecule has 1 amide bonds. The van der Waals surface area contributed by atoms with Gasteiger partial charge in [0.05, 0.1) is 10.7 Å². The lowest BCUT2D eigenvalue weighted by atomic mass is 10.1. The smallest absolute Gasteiger partial charge is 0.222 e. The summed E-state index contributed by atoms with van der Waals surface area (Å²) in [6.07, 6.45) is 4.93. The van der Waals surface area contributed by atoms with Crippen LogP contribution in [0.2, 0.25) is 0 Å². The van der Waals surface area contributed by atoms with Gasteiger partial charge in [-0.1, -0.05) is 6.07 Å². The molecule has 2 aromatic rings. The molecule has 3 heterocycles. The minimum Gasteiger partial charge on any atom is -0.340 e. The van der Waals surface area contributed by atoms with Crippen LogP contribution >= 0.6 is 11.3 Å². The Kier molecular flexibility index (Phi) is 5.35. The van der Waals surface area contributed by atoms with Crippen LogP contribution in [0.3, 0.4) is 0 Å². The van der Waals surface area contributed by atoms with Gasteiger partial charge in [-0.25, -0.2) is 4.98 Å². The van der Waals surface area contributed by atoms with Gasteiger partial charge in [0, 0.05) is 56.9 Å². The maximum Gasteiger partial charge on any atom is 0.222 e. The average molecular weight is 330 g/mol. The number of rotatable bonds is 5. The SMILES string of the molecule is Cc1nc(CN2CCN(C(=O)CCc3cccnc3)CC2)cs1. The molecule has 1 aliphatic rings. The lowest BCUT2D eigenvalue weighted by Crippen LogP contribution is -2.48. The topological polar surface area (TPSA) is 49.3 Å². The second kappa shape index (κ2) is 7.66. The van der Waals surface area contributed by atoms with Gasteiger partial charge in [-0.15, -0.1) is 11.3 Å². The van der Waals surface area contributed by atoms with Crippen molar-refractivity contribution in [2.24, 2.45) is 0 Å². The summed E-state index contributed by atoms with van der Waals surface area (Å²) in [7, 11) is 0. The quantitative estimate of drug-likeness (QED) is 0.843. The van der Waals surface area contributed by atoms with Gasteiger partial charge in [-0.3, -0.25) is 14.7 Å². The maximum absolute atomic E-state index is 12.3. The Balaban J connectivity index is 1.42. The molecule has 3 rings (SSSR count). The summed E-state index contributed by atoms with van der Waals surface area (Å²) in [5, 5.41) is 3.24. The zero-order valence-electron chi connectivity index (χ0n) is 13.4. The fraction of sp³-hybridized carbons (Fsp3) is 0.471. The van der Waals surface area contributed by atoms with Gasteiger partial charge in [0.25, 0.3) is 0 Å². The summed E-state index contributed by atoms with van der Waals surface area (Å²) in [5.41, 5.74) is 2.27. The Morgan fingerprint density at radius 2 is 2.13 bits per heavy atom. The largest absolute Gasteiger partial charge is 0.340 e. The van der Waals surface area contributed by atoms with Crippen molar-refractivity contribution < 1.29 is 4.79 Å². The lowest BCUT2D eigenvalue weighted by molar-refractivity contribution is -0.133. The third-order valence-electron chi connectivity index (χ3n) is 4.13. The fourth-order valence-corrected chi connectivity index (χ4v) is 3.42. The summed E-state index contributed by atoms with van der Waals surface area (Å²) in [5.74, 6) is 0.248. The third kappa shape index (κ3) is 4.59. The molecule has 122 valence electrons. The molecule has 2 aromatic heterocycles. The highest BCUT2D eigenvalue weighted by molar-refractivity contribution is 7.09. The molecule has 0 aliphatic carbocycles. The fourth-order valence-electron chi connectivity index (χ4n) is 2.82. The average Bonchev–Trinajstić information content (AvgIpc) is 2.99. The van der Waals surface area contributed by atoms with E-state index < -0.39 is 0 Å². The number of carbonyl (C=O) groups is 1. The van der Waals surface area contributed by atoms with E-state index in [0.29, 0.717) is 6.42 Å². The van der Waals surface area contributed by atoms with Gasteiger partial charge >= 0.3 is 0 Å². The molecule has 0 radical (unpaired) electrons. The normalized spacial score (nSPS) is 15.8. The molecule has 23 heavy (non-hydrogen) atoms. The van der Waals surface area contributed by atoms with Gasteiger partial charge in [0.15, 0.2) is 0 Å². The van der Waals surface area contributed by atoms with Crippen molar-refractivity contribution in [3.05, 3.63) is 46.2 Å². The second-order valence-corrected chi connectivity index (χ2v) is 6.94. The van der Waals surface area contributed by atoms with Crippen LogP contribution in [0.25, 0.3) is 0 Å². The van der Waals surface area contributed by atoms with E-state index in [1.54, 1.807) is 17.5 Å². The van der Waals surface area contributed by atoms with Crippen LogP contribution in [0.5, 0.6) is 0 Å². The molecule has 0 saturated carbocycles. The van der Waals surface area contributed by atoms with Gasteiger partial charge in [0.1, 0.15) is 0 Å². The van der Waals surface area contributed by atoms with Gasteiger partial charge in [0.2, 0.25) is 5.91 Å². The van der Waals surface area contributed by atoms with E-state index >= 15 is 0 Å². The lowest BCUT2D eigenvalue weighted by Gasteiger charge is -2.34. The molecule has 0 unspecified atom stereocenters. The molecular weight excluding hydrogens is 308 g/mol. The first-order valence-corrected chi connectivity index (χ1v) is 8.89. The van der Waals surface area contributed by atoms with Crippen LogP contribution in [0, 0.1) is 6.92 Å². The minimum absolute atomic E-state index is 0.248. The van der Waals surface area contributed by atoms with Crippen molar-refractivity contribution in [3.63, 3.8) is 0 Å². The third-order valence-corrected chi connectivity index (χ3v) is 4.95. The Bertz CT molecular complexity index is 635. The van der Waals surface area contributed by atoms with Crippen LogP contribution in [0.1, 0.15) is 22.7 Å². The van der Waals surface area contributed by atoms with Crippen molar-refractivity contribution in [2.45, 2.75) is 26.3 Å². The molecule has 0 bridgehead atoms. The summed E-state index contributed by atoms with van der Waals surface area (Å²) < 4.78 is 0. The van der Waals surface area contributed by atoms with E-state index in [4.69, 9.17) is 0 Å². The molecule has 1 aliphatic heterocycles. The number of amides is 1. The molecular formula is C17H22N4OS. The van der Waals surface area contributed by atoms with Gasteiger partial charge < -0.3 is 4.90 Å². The standard InChI is InChI=1S/C17H22N4OS/c1-14-19-16(13-23-14)12-20-7-9-21(10-8-20)17(22)5-4-15-3-2-6-18-11-15/h2-3,6,11,13H,4-5,7-10,12H2,1H3. The number of pyridine rings is 1. The van der Waals surface area contributed by atoms with Gasteiger partial charge in [-0.05, 0) is 25.0 Å². The predicted molar refractivity (Wildman–Crippen MR) is 91.3 cm³/mol. The van der Waals surface area contributed by atoms with Crippen molar-refractivity contribution in [3.8, 4) is 0 Å². The second-order valence-electron chi connectivity index (χ2n) is 5.88. The number of piperazine rings is 1. The first-order chi connectivity index (χ1) is 11.2. The Hall–Kier alpha value is -1.79. The highest BCUT2D eigenvalue weighted by atomic mass is 32.1. The number of aromatic nitrogens is 2. The molecule has 1 saturated heterocycles. The first-order valence-electron chi connectivity index (χ1n) is 8.01. The van der Waals surface area contributed by atoms with Crippen LogP contribution in [0.4, 0.5) is 0 Å². The molecule has 6 heteroatoms.